The van der Waals surface area contributed by atoms with Crippen molar-refractivity contribution in [3.8, 4) is 5.75 Å². The first-order valence-corrected chi connectivity index (χ1v) is 7.19. The van der Waals surface area contributed by atoms with Crippen molar-refractivity contribution in [3.05, 3.63) is 33.9 Å². The average Bonchev–Trinajstić information content (AvgIpc) is 2.65. The Hall–Kier alpha value is -2.63. The predicted octanol–water partition coefficient (Wildman–Crippen LogP) is 2.32. The number of ether oxygens (including phenoxy) is 1. The van der Waals surface area contributed by atoms with Crippen LogP contribution < -0.4 is 0 Å². The van der Waals surface area contributed by atoms with Gasteiger partial charge in [0.15, 0.2) is 0 Å². The number of ketones is 2. The number of carboxylic acid groups (broad SMARTS) is 1. The van der Waals surface area contributed by atoms with E-state index in [4.69, 9.17) is 4.74 Å². The molecule has 0 fully saturated rings. The van der Waals surface area contributed by atoms with E-state index in [-0.39, 0.29) is 28.6 Å². The van der Waals surface area contributed by atoms with Gasteiger partial charge in [-0.2, -0.15) is 0 Å². The molecule has 0 saturated heterocycles. The van der Waals surface area contributed by atoms with Crippen LogP contribution in [-0.4, -0.2) is 33.9 Å². The highest BCUT2D eigenvalue weighted by Gasteiger charge is 2.51. The zero-order valence-electron chi connectivity index (χ0n) is 13.2. The third-order valence-electron chi connectivity index (χ3n) is 4.79. The maximum absolute atomic E-state index is 12.6. The molecule has 0 aromatic heterocycles. The molecule has 1 aliphatic heterocycles. The zero-order valence-corrected chi connectivity index (χ0v) is 13.2. The lowest BCUT2D eigenvalue weighted by atomic mass is 9.73. The lowest BCUT2D eigenvalue weighted by molar-refractivity contribution is -0.112. The Morgan fingerprint density at radius 3 is 2.39 bits per heavy atom. The second kappa shape index (κ2) is 4.44. The molecule has 120 valence electrons. The van der Waals surface area contributed by atoms with E-state index in [9.17, 15) is 24.6 Å². The molecular formula is C17H16O6. The van der Waals surface area contributed by atoms with E-state index in [0.29, 0.717) is 5.56 Å². The fourth-order valence-electron chi connectivity index (χ4n) is 3.22. The number of fused-ring (bicyclic) bond motifs is 2. The molecule has 2 aliphatic rings. The molecule has 3 rings (SSSR count). The number of carbonyl (C=O) groups excluding carboxylic acids is 2. The first kappa shape index (κ1) is 15.3. The molecule has 0 saturated carbocycles. The normalized spacial score (nSPS) is 21.8. The predicted molar refractivity (Wildman–Crippen MR) is 80.4 cm³/mol. The summed E-state index contributed by atoms with van der Waals surface area (Å²) in [5.41, 5.74) is -0.460. The molecule has 6 heteroatoms. The Balaban J connectivity index is 2.46. The standard InChI is InChI=1S/C17H16O6/c1-6-5-8(18)10(16(21)22)11-9(6)15-12(14(20)13(11)19)17(3,4)7(2)23-15/h5,7,18H,1-4H3,(H,21,22)/t7-/m1/s1. The van der Waals surface area contributed by atoms with Crippen molar-refractivity contribution in [1.29, 1.82) is 0 Å². The maximum atomic E-state index is 12.6. The van der Waals surface area contributed by atoms with E-state index in [1.807, 2.05) is 13.8 Å². The van der Waals surface area contributed by atoms with Gasteiger partial charge in [-0.3, -0.25) is 9.59 Å². The minimum absolute atomic E-state index is 0.252. The Morgan fingerprint density at radius 2 is 1.83 bits per heavy atom. The van der Waals surface area contributed by atoms with Crippen LogP contribution in [-0.2, 0) is 9.53 Å². The molecule has 6 nitrogen and oxygen atoms in total. The summed E-state index contributed by atoms with van der Waals surface area (Å²) in [4.78, 5) is 36.6. The number of aromatic hydroxyl groups is 1. The fourth-order valence-corrected chi connectivity index (χ4v) is 3.22. The number of aryl methyl sites for hydroxylation is 1. The van der Waals surface area contributed by atoms with Crippen molar-refractivity contribution < 1.29 is 29.3 Å². The first-order valence-electron chi connectivity index (χ1n) is 7.19. The summed E-state index contributed by atoms with van der Waals surface area (Å²) in [6.07, 6.45) is -0.336. The minimum Gasteiger partial charge on any atom is -0.507 e. The van der Waals surface area contributed by atoms with Gasteiger partial charge >= 0.3 is 5.97 Å². The van der Waals surface area contributed by atoms with Crippen molar-refractivity contribution in [3.63, 3.8) is 0 Å². The van der Waals surface area contributed by atoms with Crippen LogP contribution in [0.2, 0.25) is 0 Å². The lowest BCUT2D eigenvalue weighted by Crippen LogP contribution is -2.33. The second-order valence-electron chi connectivity index (χ2n) is 6.49. The smallest absolute Gasteiger partial charge is 0.340 e. The molecule has 1 heterocycles. The number of carbonyl (C=O) groups is 3. The van der Waals surface area contributed by atoms with E-state index in [1.54, 1.807) is 13.8 Å². The molecule has 23 heavy (non-hydrogen) atoms. The van der Waals surface area contributed by atoms with E-state index in [0.717, 1.165) is 0 Å². The number of aromatic carboxylic acids is 1. The summed E-state index contributed by atoms with van der Waals surface area (Å²) in [7, 11) is 0. The maximum Gasteiger partial charge on any atom is 0.340 e. The molecule has 1 aliphatic carbocycles. The Labute approximate surface area is 132 Å². The van der Waals surface area contributed by atoms with Gasteiger partial charge in [0.1, 0.15) is 23.2 Å². The van der Waals surface area contributed by atoms with Gasteiger partial charge in [-0.1, -0.05) is 13.8 Å². The van der Waals surface area contributed by atoms with Crippen molar-refractivity contribution in [2.24, 2.45) is 5.41 Å². The van der Waals surface area contributed by atoms with Gasteiger partial charge in [0.2, 0.25) is 11.6 Å². The number of hydrogen-bond acceptors (Lipinski definition) is 5. The summed E-state index contributed by atoms with van der Waals surface area (Å²) < 4.78 is 5.81. The topological polar surface area (TPSA) is 101 Å². The molecule has 1 aromatic rings. The van der Waals surface area contributed by atoms with E-state index in [2.05, 4.69) is 0 Å². The van der Waals surface area contributed by atoms with Crippen molar-refractivity contribution in [2.75, 3.05) is 0 Å². The quantitative estimate of drug-likeness (QED) is 0.771. The monoisotopic (exact) mass is 316 g/mol. The third-order valence-corrected chi connectivity index (χ3v) is 4.79. The number of benzene rings is 1. The second-order valence-corrected chi connectivity index (χ2v) is 6.49. The number of rotatable bonds is 1. The van der Waals surface area contributed by atoms with Crippen molar-refractivity contribution in [1.82, 2.24) is 0 Å². The number of Topliss-reactive ketones (excluding diaryl/α,β-unsaturated/α-hetero) is 2. The molecule has 0 bridgehead atoms. The van der Waals surface area contributed by atoms with Gasteiger partial charge < -0.3 is 14.9 Å². The Morgan fingerprint density at radius 1 is 1.22 bits per heavy atom. The SMILES string of the molecule is Cc1cc(O)c(C(=O)O)c2c1C1=C(C(=O)C2=O)C(C)(C)[C@@H](C)O1. The molecule has 0 amide bonds. The number of hydrogen-bond donors (Lipinski definition) is 2. The van der Waals surface area contributed by atoms with Crippen LogP contribution in [0.3, 0.4) is 0 Å². The summed E-state index contributed by atoms with van der Waals surface area (Å²) in [5.74, 6) is -3.43. The Kier molecular flexibility index (Phi) is 2.95. The molecule has 2 N–H and O–H groups in total. The van der Waals surface area contributed by atoms with Gasteiger partial charge in [0.25, 0.3) is 0 Å². The molecule has 0 radical (unpaired) electrons. The van der Waals surface area contributed by atoms with Crippen LogP contribution in [0.15, 0.2) is 11.6 Å². The highest BCUT2D eigenvalue weighted by molar-refractivity contribution is 6.53. The molecule has 1 atom stereocenters. The van der Waals surface area contributed by atoms with Crippen molar-refractivity contribution in [2.45, 2.75) is 33.8 Å². The highest BCUT2D eigenvalue weighted by Crippen LogP contribution is 2.50. The van der Waals surface area contributed by atoms with E-state index in [1.165, 1.54) is 6.07 Å². The average molecular weight is 316 g/mol. The van der Waals surface area contributed by atoms with E-state index >= 15 is 0 Å². The highest BCUT2D eigenvalue weighted by atomic mass is 16.5. The van der Waals surface area contributed by atoms with Gasteiger partial charge in [0.05, 0.1) is 11.1 Å². The van der Waals surface area contributed by atoms with Crippen molar-refractivity contribution >= 4 is 23.3 Å². The zero-order chi connectivity index (χ0) is 17.3. The summed E-state index contributed by atoms with van der Waals surface area (Å²) in [5, 5.41) is 19.2. The summed E-state index contributed by atoms with van der Waals surface area (Å²) in [6, 6.07) is 1.27. The van der Waals surface area contributed by atoms with Crippen LogP contribution in [0.1, 0.15) is 52.6 Å². The molecule has 0 unspecified atom stereocenters. The van der Waals surface area contributed by atoms with Gasteiger partial charge in [0, 0.05) is 11.0 Å². The van der Waals surface area contributed by atoms with E-state index < -0.39 is 34.3 Å². The molecule has 0 spiro atoms. The van der Waals surface area contributed by atoms with Crippen LogP contribution >= 0.6 is 0 Å². The first-order chi connectivity index (χ1) is 10.6. The van der Waals surface area contributed by atoms with Gasteiger partial charge in [-0.05, 0) is 25.5 Å². The van der Waals surface area contributed by atoms with Gasteiger partial charge in [-0.25, -0.2) is 4.79 Å². The largest absolute Gasteiger partial charge is 0.507 e. The van der Waals surface area contributed by atoms with Crippen LogP contribution in [0.5, 0.6) is 5.75 Å². The number of carboxylic acids is 1. The van der Waals surface area contributed by atoms with Gasteiger partial charge in [-0.15, -0.1) is 0 Å². The van der Waals surface area contributed by atoms with Crippen LogP contribution in [0.4, 0.5) is 0 Å². The van der Waals surface area contributed by atoms with Crippen LogP contribution in [0.25, 0.3) is 5.76 Å². The molecular weight excluding hydrogens is 300 g/mol. The minimum atomic E-state index is -1.46. The number of phenols is 1. The summed E-state index contributed by atoms with van der Waals surface area (Å²) >= 11 is 0. The fraction of sp³-hybridized carbons (Fsp3) is 0.353. The molecule has 1 aromatic carbocycles. The Bertz CT molecular complexity index is 828. The lowest BCUT2D eigenvalue weighted by Gasteiger charge is -2.25. The van der Waals surface area contributed by atoms with Crippen LogP contribution in [0, 0.1) is 12.3 Å². The summed E-state index contributed by atoms with van der Waals surface area (Å²) in [6.45, 7) is 7.05. The third kappa shape index (κ3) is 1.78.